The van der Waals surface area contributed by atoms with Gasteiger partial charge in [0.15, 0.2) is 0 Å². The van der Waals surface area contributed by atoms with Gasteiger partial charge in [-0.2, -0.15) is 0 Å². The Morgan fingerprint density at radius 1 is 1.35 bits per heavy atom. The first-order valence-electron chi connectivity index (χ1n) is 7.34. The summed E-state index contributed by atoms with van der Waals surface area (Å²) in [5, 5.41) is 2.98. The van der Waals surface area contributed by atoms with Crippen LogP contribution in [-0.4, -0.2) is 31.3 Å². The summed E-state index contributed by atoms with van der Waals surface area (Å²) in [5.74, 6) is 0.883. The first-order chi connectivity index (χ1) is 9.66. The van der Waals surface area contributed by atoms with Gasteiger partial charge in [0, 0.05) is 18.7 Å². The SMILES string of the molecule is C[C@]1(CNC(=O)c2ccc3c(c2)CCCO3)CCCO1. The van der Waals surface area contributed by atoms with Crippen molar-refractivity contribution in [2.75, 3.05) is 19.8 Å². The molecule has 20 heavy (non-hydrogen) atoms. The smallest absolute Gasteiger partial charge is 0.251 e. The second-order valence-electron chi connectivity index (χ2n) is 5.86. The first kappa shape index (κ1) is 13.4. The van der Waals surface area contributed by atoms with Crippen molar-refractivity contribution in [2.24, 2.45) is 0 Å². The molecule has 1 atom stereocenters. The summed E-state index contributed by atoms with van der Waals surface area (Å²) in [5.41, 5.74) is 1.63. The highest BCUT2D eigenvalue weighted by Crippen LogP contribution is 2.26. The normalized spacial score (nSPS) is 24.9. The highest BCUT2D eigenvalue weighted by molar-refractivity contribution is 5.94. The number of rotatable bonds is 3. The Hall–Kier alpha value is -1.55. The summed E-state index contributed by atoms with van der Waals surface area (Å²) in [7, 11) is 0. The number of ether oxygens (including phenoxy) is 2. The van der Waals surface area contributed by atoms with Crippen LogP contribution in [-0.2, 0) is 11.2 Å². The van der Waals surface area contributed by atoms with Crippen molar-refractivity contribution < 1.29 is 14.3 Å². The van der Waals surface area contributed by atoms with E-state index in [0.717, 1.165) is 50.2 Å². The molecule has 4 nitrogen and oxygen atoms in total. The van der Waals surface area contributed by atoms with Crippen LogP contribution in [0.15, 0.2) is 18.2 Å². The molecule has 1 amide bonds. The van der Waals surface area contributed by atoms with Gasteiger partial charge in [-0.25, -0.2) is 0 Å². The molecule has 2 aliphatic heterocycles. The minimum atomic E-state index is -0.201. The summed E-state index contributed by atoms with van der Waals surface area (Å²) in [6.07, 6.45) is 4.08. The fraction of sp³-hybridized carbons (Fsp3) is 0.562. The van der Waals surface area contributed by atoms with Gasteiger partial charge >= 0.3 is 0 Å². The van der Waals surface area contributed by atoms with E-state index in [2.05, 4.69) is 12.2 Å². The van der Waals surface area contributed by atoms with Crippen molar-refractivity contribution in [1.82, 2.24) is 5.32 Å². The Balaban J connectivity index is 1.65. The van der Waals surface area contributed by atoms with Crippen LogP contribution in [0.25, 0.3) is 0 Å². The van der Waals surface area contributed by atoms with Gasteiger partial charge in [-0.1, -0.05) is 0 Å². The lowest BCUT2D eigenvalue weighted by Gasteiger charge is -2.23. The van der Waals surface area contributed by atoms with Crippen LogP contribution in [0.3, 0.4) is 0 Å². The largest absolute Gasteiger partial charge is 0.493 e. The molecule has 1 fully saturated rings. The fourth-order valence-electron chi connectivity index (χ4n) is 2.85. The lowest BCUT2D eigenvalue weighted by atomic mass is 10.0. The predicted octanol–water partition coefficient (Wildman–Crippen LogP) is 2.31. The van der Waals surface area contributed by atoms with Crippen LogP contribution in [0.2, 0.25) is 0 Å². The molecule has 0 unspecified atom stereocenters. The van der Waals surface area contributed by atoms with Gasteiger partial charge < -0.3 is 14.8 Å². The van der Waals surface area contributed by atoms with E-state index >= 15 is 0 Å². The van der Waals surface area contributed by atoms with E-state index in [9.17, 15) is 4.79 Å². The van der Waals surface area contributed by atoms with Crippen LogP contribution < -0.4 is 10.1 Å². The predicted molar refractivity (Wildman–Crippen MR) is 76.2 cm³/mol. The zero-order chi connectivity index (χ0) is 14.0. The summed E-state index contributed by atoms with van der Waals surface area (Å²) >= 11 is 0. The third kappa shape index (κ3) is 2.80. The van der Waals surface area contributed by atoms with Crippen LogP contribution in [0.1, 0.15) is 42.1 Å². The first-order valence-corrected chi connectivity index (χ1v) is 7.34. The molecule has 0 aromatic heterocycles. The zero-order valence-electron chi connectivity index (χ0n) is 11.9. The molecular weight excluding hydrogens is 254 g/mol. The van der Waals surface area contributed by atoms with Gasteiger partial charge in [-0.05, 0) is 56.4 Å². The maximum Gasteiger partial charge on any atom is 0.251 e. The van der Waals surface area contributed by atoms with Crippen LogP contribution in [0.5, 0.6) is 5.75 Å². The molecule has 1 aromatic rings. The molecule has 2 heterocycles. The summed E-state index contributed by atoms with van der Waals surface area (Å²) < 4.78 is 11.2. The minimum Gasteiger partial charge on any atom is -0.493 e. The van der Waals surface area contributed by atoms with E-state index in [1.165, 1.54) is 0 Å². The van der Waals surface area contributed by atoms with Crippen molar-refractivity contribution in [3.63, 3.8) is 0 Å². The standard InChI is InChI=1S/C16H21NO3/c1-16(7-3-9-20-16)11-17-15(18)13-5-6-14-12(10-13)4-2-8-19-14/h5-6,10H,2-4,7-9,11H2,1H3,(H,17,18)/t16-/m1/s1. The topological polar surface area (TPSA) is 47.6 Å². The Morgan fingerprint density at radius 3 is 3.05 bits per heavy atom. The number of nitrogens with one attached hydrogen (secondary N) is 1. The quantitative estimate of drug-likeness (QED) is 0.921. The van der Waals surface area contributed by atoms with E-state index in [0.29, 0.717) is 12.1 Å². The molecule has 4 heteroatoms. The van der Waals surface area contributed by atoms with Crippen molar-refractivity contribution in [3.8, 4) is 5.75 Å². The monoisotopic (exact) mass is 275 g/mol. The number of hydrogen-bond acceptors (Lipinski definition) is 3. The molecule has 3 rings (SSSR count). The van der Waals surface area contributed by atoms with Gasteiger partial charge in [0.25, 0.3) is 5.91 Å². The Morgan fingerprint density at radius 2 is 2.25 bits per heavy atom. The Labute approximate surface area is 119 Å². The average Bonchev–Trinajstić information content (AvgIpc) is 2.91. The highest BCUT2D eigenvalue weighted by Gasteiger charge is 2.30. The summed E-state index contributed by atoms with van der Waals surface area (Å²) in [6.45, 7) is 4.19. The molecule has 108 valence electrons. The number of carbonyl (C=O) groups excluding carboxylic acids is 1. The number of benzene rings is 1. The van der Waals surface area contributed by atoms with Crippen LogP contribution in [0.4, 0.5) is 0 Å². The molecular formula is C16H21NO3. The maximum absolute atomic E-state index is 12.2. The van der Waals surface area contributed by atoms with Gasteiger partial charge in [0.05, 0.1) is 12.2 Å². The number of aryl methyl sites for hydroxylation is 1. The average molecular weight is 275 g/mol. The lowest BCUT2D eigenvalue weighted by molar-refractivity contribution is 0.0206. The number of amides is 1. The summed E-state index contributed by atoms with van der Waals surface area (Å²) in [6, 6.07) is 5.68. The third-order valence-corrected chi connectivity index (χ3v) is 4.09. The van der Waals surface area contributed by atoms with E-state index < -0.39 is 0 Å². The van der Waals surface area contributed by atoms with Crippen molar-refractivity contribution in [2.45, 2.75) is 38.2 Å². The van der Waals surface area contributed by atoms with Gasteiger partial charge in [-0.15, -0.1) is 0 Å². The van der Waals surface area contributed by atoms with Gasteiger partial charge in [0.1, 0.15) is 5.75 Å². The van der Waals surface area contributed by atoms with E-state index in [1.807, 2.05) is 18.2 Å². The van der Waals surface area contributed by atoms with Crippen molar-refractivity contribution in [1.29, 1.82) is 0 Å². The zero-order valence-corrected chi connectivity index (χ0v) is 11.9. The van der Waals surface area contributed by atoms with Crippen molar-refractivity contribution >= 4 is 5.91 Å². The lowest BCUT2D eigenvalue weighted by Crippen LogP contribution is -2.40. The van der Waals surface area contributed by atoms with E-state index in [-0.39, 0.29) is 11.5 Å². The fourth-order valence-corrected chi connectivity index (χ4v) is 2.85. The molecule has 0 radical (unpaired) electrons. The maximum atomic E-state index is 12.2. The molecule has 1 saturated heterocycles. The van der Waals surface area contributed by atoms with Gasteiger partial charge in [0.2, 0.25) is 0 Å². The molecule has 0 spiro atoms. The number of hydrogen-bond donors (Lipinski definition) is 1. The van der Waals surface area contributed by atoms with E-state index in [1.54, 1.807) is 0 Å². The van der Waals surface area contributed by atoms with Crippen LogP contribution in [0, 0.1) is 0 Å². The van der Waals surface area contributed by atoms with Crippen molar-refractivity contribution in [3.05, 3.63) is 29.3 Å². The summed E-state index contributed by atoms with van der Waals surface area (Å²) in [4.78, 5) is 12.2. The second-order valence-corrected chi connectivity index (χ2v) is 5.86. The second kappa shape index (κ2) is 5.44. The molecule has 1 aromatic carbocycles. The Kier molecular flexibility index (Phi) is 3.66. The Bertz CT molecular complexity index is 506. The molecule has 0 saturated carbocycles. The number of fused-ring (bicyclic) bond motifs is 1. The van der Waals surface area contributed by atoms with Crippen LogP contribution >= 0.6 is 0 Å². The van der Waals surface area contributed by atoms with Gasteiger partial charge in [-0.3, -0.25) is 4.79 Å². The molecule has 0 aliphatic carbocycles. The highest BCUT2D eigenvalue weighted by atomic mass is 16.5. The molecule has 0 bridgehead atoms. The molecule has 2 aliphatic rings. The van der Waals surface area contributed by atoms with E-state index in [4.69, 9.17) is 9.47 Å². The molecule has 1 N–H and O–H groups in total. The third-order valence-electron chi connectivity index (χ3n) is 4.09. The minimum absolute atomic E-state index is 0.0323. The number of carbonyl (C=O) groups is 1.